The standard InChI is InChI=1S/C12H19N3O2/c1-3-10-11(7(2)17-15-10)12(16)14-6-9(13)8-4-5-8/h8-9H,3-6,13H2,1-2H3,(H,14,16). The molecule has 1 aliphatic rings. The first-order valence-electron chi connectivity index (χ1n) is 6.12. The molecule has 0 bridgehead atoms. The lowest BCUT2D eigenvalue weighted by Gasteiger charge is -2.11. The van der Waals surface area contributed by atoms with Crippen LogP contribution in [-0.2, 0) is 6.42 Å². The van der Waals surface area contributed by atoms with E-state index in [1.807, 2.05) is 6.92 Å². The van der Waals surface area contributed by atoms with Gasteiger partial charge in [-0.3, -0.25) is 4.79 Å². The van der Waals surface area contributed by atoms with E-state index in [1.54, 1.807) is 6.92 Å². The van der Waals surface area contributed by atoms with Gasteiger partial charge in [0, 0.05) is 12.6 Å². The Balaban J connectivity index is 1.96. The van der Waals surface area contributed by atoms with E-state index in [0.29, 0.717) is 35.9 Å². The topological polar surface area (TPSA) is 81.2 Å². The summed E-state index contributed by atoms with van der Waals surface area (Å²) in [6, 6.07) is 0.0733. The van der Waals surface area contributed by atoms with Crippen LogP contribution in [0.2, 0.25) is 0 Å². The Kier molecular flexibility index (Phi) is 3.47. The van der Waals surface area contributed by atoms with E-state index in [2.05, 4.69) is 10.5 Å². The highest BCUT2D eigenvalue weighted by Gasteiger charge is 2.29. The lowest BCUT2D eigenvalue weighted by molar-refractivity contribution is 0.0948. The second-order valence-corrected chi connectivity index (χ2v) is 4.63. The predicted molar refractivity (Wildman–Crippen MR) is 63.7 cm³/mol. The van der Waals surface area contributed by atoms with Crippen molar-refractivity contribution in [3.8, 4) is 0 Å². The van der Waals surface area contributed by atoms with Gasteiger partial charge in [-0.2, -0.15) is 0 Å². The van der Waals surface area contributed by atoms with E-state index in [1.165, 1.54) is 12.8 Å². The number of hydrogen-bond acceptors (Lipinski definition) is 4. The number of carbonyl (C=O) groups excluding carboxylic acids is 1. The first-order chi connectivity index (χ1) is 8.13. The zero-order valence-corrected chi connectivity index (χ0v) is 10.3. The molecule has 0 aliphatic heterocycles. The van der Waals surface area contributed by atoms with Crippen LogP contribution in [0.15, 0.2) is 4.52 Å². The summed E-state index contributed by atoms with van der Waals surface area (Å²) < 4.78 is 5.03. The molecule has 94 valence electrons. The van der Waals surface area contributed by atoms with E-state index in [0.717, 1.165) is 0 Å². The highest BCUT2D eigenvalue weighted by molar-refractivity contribution is 5.96. The molecule has 0 radical (unpaired) electrons. The largest absolute Gasteiger partial charge is 0.361 e. The Morgan fingerprint density at radius 1 is 1.65 bits per heavy atom. The van der Waals surface area contributed by atoms with Crippen molar-refractivity contribution >= 4 is 5.91 Å². The number of nitrogens with one attached hydrogen (secondary N) is 1. The fraction of sp³-hybridized carbons (Fsp3) is 0.667. The molecule has 1 aliphatic carbocycles. The number of nitrogens with two attached hydrogens (primary N) is 1. The van der Waals surface area contributed by atoms with Gasteiger partial charge >= 0.3 is 0 Å². The highest BCUT2D eigenvalue weighted by atomic mass is 16.5. The Morgan fingerprint density at radius 3 is 2.94 bits per heavy atom. The van der Waals surface area contributed by atoms with E-state index in [-0.39, 0.29) is 11.9 Å². The van der Waals surface area contributed by atoms with Crippen molar-refractivity contribution < 1.29 is 9.32 Å². The third-order valence-electron chi connectivity index (χ3n) is 3.22. The predicted octanol–water partition coefficient (Wildman–Crippen LogP) is 1.01. The summed E-state index contributed by atoms with van der Waals surface area (Å²) in [5.41, 5.74) is 7.21. The van der Waals surface area contributed by atoms with Crippen LogP contribution in [-0.4, -0.2) is 23.7 Å². The van der Waals surface area contributed by atoms with E-state index in [4.69, 9.17) is 10.3 Å². The summed E-state index contributed by atoms with van der Waals surface area (Å²) in [5.74, 6) is 1.03. The smallest absolute Gasteiger partial charge is 0.256 e. The molecule has 1 aromatic rings. The first-order valence-corrected chi connectivity index (χ1v) is 6.12. The maximum atomic E-state index is 12.0. The van der Waals surface area contributed by atoms with Crippen molar-refractivity contribution in [2.24, 2.45) is 11.7 Å². The van der Waals surface area contributed by atoms with Crippen LogP contribution in [0.1, 0.15) is 41.6 Å². The molecule has 1 heterocycles. The number of aromatic nitrogens is 1. The molecule has 1 atom stereocenters. The molecular weight excluding hydrogens is 218 g/mol. The minimum Gasteiger partial charge on any atom is -0.361 e. The van der Waals surface area contributed by atoms with Crippen molar-refractivity contribution in [3.63, 3.8) is 0 Å². The summed E-state index contributed by atoms with van der Waals surface area (Å²) in [6.45, 7) is 4.23. The van der Waals surface area contributed by atoms with E-state index >= 15 is 0 Å². The number of carbonyl (C=O) groups is 1. The average Bonchev–Trinajstić information content (AvgIpc) is 3.09. The van der Waals surface area contributed by atoms with E-state index < -0.39 is 0 Å². The van der Waals surface area contributed by atoms with Crippen LogP contribution in [0.4, 0.5) is 0 Å². The Bertz CT molecular complexity index is 410. The van der Waals surface area contributed by atoms with Gasteiger partial charge in [-0.05, 0) is 32.1 Å². The normalized spacial score (nSPS) is 16.9. The van der Waals surface area contributed by atoms with Crippen LogP contribution in [0, 0.1) is 12.8 Å². The van der Waals surface area contributed by atoms with Crippen molar-refractivity contribution in [2.45, 2.75) is 39.2 Å². The summed E-state index contributed by atoms with van der Waals surface area (Å²) in [7, 11) is 0. The highest BCUT2D eigenvalue weighted by Crippen LogP contribution is 2.31. The number of aryl methyl sites for hydroxylation is 2. The van der Waals surface area contributed by atoms with Crippen LogP contribution in [0.3, 0.4) is 0 Å². The molecule has 17 heavy (non-hydrogen) atoms. The Morgan fingerprint density at radius 2 is 2.35 bits per heavy atom. The van der Waals surface area contributed by atoms with Gasteiger partial charge < -0.3 is 15.6 Å². The van der Waals surface area contributed by atoms with Gasteiger partial charge in [-0.15, -0.1) is 0 Å². The van der Waals surface area contributed by atoms with Crippen molar-refractivity contribution in [1.82, 2.24) is 10.5 Å². The van der Waals surface area contributed by atoms with Crippen molar-refractivity contribution in [3.05, 3.63) is 17.0 Å². The fourth-order valence-electron chi connectivity index (χ4n) is 1.94. The molecule has 5 heteroatoms. The van der Waals surface area contributed by atoms with Gasteiger partial charge in [0.2, 0.25) is 0 Å². The molecule has 0 spiro atoms. The second-order valence-electron chi connectivity index (χ2n) is 4.63. The second kappa shape index (κ2) is 4.87. The Labute approximate surface area is 101 Å². The summed E-state index contributed by atoms with van der Waals surface area (Å²) in [6.07, 6.45) is 3.06. The van der Waals surface area contributed by atoms with Gasteiger partial charge in [-0.1, -0.05) is 12.1 Å². The average molecular weight is 237 g/mol. The van der Waals surface area contributed by atoms with Crippen LogP contribution in [0.5, 0.6) is 0 Å². The minimum absolute atomic E-state index is 0.0733. The SMILES string of the molecule is CCc1noc(C)c1C(=O)NCC(N)C1CC1. The quantitative estimate of drug-likeness (QED) is 0.801. The number of hydrogen-bond donors (Lipinski definition) is 2. The monoisotopic (exact) mass is 237 g/mol. The Hall–Kier alpha value is -1.36. The van der Waals surface area contributed by atoms with E-state index in [9.17, 15) is 4.79 Å². The van der Waals surface area contributed by atoms with Crippen LogP contribution < -0.4 is 11.1 Å². The maximum Gasteiger partial charge on any atom is 0.256 e. The molecule has 1 saturated carbocycles. The lowest BCUT2D eigenvalue weighted by atomic mass is 10.1. The molecule has 5 nitrogen and oxygen atoms in total. The summed E-state index contributed by atoms with van der Waals surface area (Å²) in [4.78, 5) is 12.0. The number of nitrogens with zero attached hydrogens (tertiary/aromatic N) is 1. The minimum atomic E-state index is -0.128. The lowest BCUT2D eigenvalue weighted by Crippen LogP contribution is -2.38. The zero-order chi connectivity index (χ0) is 12.4. The number of rotatable bonds is 5. The van der Waals surface area contributed by atoms with Gasteiger partial charge in [0.05, 0.1) is 5.69 Å². The first kappa shape index (κ1) is 12.1. The van der Waals surface area contributed by atoms with Gasteiger partial charge in [-0.25, -0.2) is 0 Å². The maximum absolute atomic E-state index is 12.0. The molecule has 1 unspecified atom stereocenters. The van der Waals surface area contributed by atoms with Gasteiger partial charge in [0.25, 0.3) is 5.91 Å². The molecule has 1 amide bonds. The molecule has 0 saturated heterocycles. The molecular formula is C12H19N3O2. The summed E-state index contributed by atoms with van der Waals surface area (Å²) in [5, 5.41) is 6.72. The molecule has 0 aromatic carbocycles. The molecule has 3 N–H and O–H groups in total. The molecule has 2 rings (SSSR count). The molecule has 1 fully saturated rings. The third-order valence-corrected chi connectivity index (χ3v) is 3.22. The molecule has 1 aromatic heterocycles. The van der Waals surface area contributed by atoms with Crippen LogP contribution >= 0.6 is 0 Å². The third kappa shape index (κ3) is 2.66. The summed E-state index contributed by atoms with van der Waals surface area (Å²) >= 11 is 0. The zero-order valence-electron chi connectivity index (χ0n) is 10.3. The van der Waals surface area contributed by atoms with Crippen LogP contribution in [0.25, 0.3) is 0 Å². The van der Waals surface area contributed by atoms with Gasteiger partial charge in [0.1, 0.15) is 11.3 Å². The van der Waals surface area contributed by atoms with Crippen molar-refractivity contribution in [2.75, 3.05) is 6.54 Å². The van der Waals surface area contributed by atoms with Crippen molar-refractivity contribution in [1.29, 1.82) is 0 Å². The van der Waals surface area contributed by atoms with Gasteiger partial charge in [0.15, 0.2) is 0 Å². The fourth-order valence-corrected chi connectivity index (χ4v) is 1.94. The number of amides is 1.